The lowest BCUT2D eigenvalue weighted by atomic mass is 9.89. The minimum Gasteiger partial charge on any atom is -0.484 e. The van der Waals surface area contributed by atoms with Crippen molar-refractivity contribution in [3.63, 3.8) is 0 Å². The smallest absolute Gasteiger partial charge is 0.260 e. The molecular formula is C17H22ClNO4. The molecule has 1 N–H and O–H groups in total. The van der Waals surface area contributed by atoms with Crippen LogP contribution in [0.3, 0.4) is 0 Å². The van der Waals surface area contributed by atoms with Crippen molar-refractivity contribution >= 4 is 17.5 Å². The molecule has 6 heteroatoms. The maximum Gasteiger partial charge on any atom is 0.260 e. The third-order valence-corrected chi connectivity index (χ3v) is 4.90. The molecular weight excluding hydrogens is 318 g/mol. The summed E-state index contributed by atoms with van der Waals surface area (Å²) >= 11 is 5.83. The maximum atomic E-state index is 12.5. The number of carbonyl (C=O) groups is 1. The number of aliphatic hydroxyl groups excluding tert-OH is 1. The van der Waals surface area contributed by atoms with Gasteiger partial charge in [-0.05, 0) is 43.5 Å². The van der Waals surface area contributed by atoms with Crippen LogP contribution in [0.5, 0.6) is 5.75 Å². The fraction of sp³-hybridized carbons (Fsp3) is 0.588. The molecule has 126 valence electrons. The molecule has 2 aliphatic rings. The van der Waals surface area contributed by atoms with Gasteiger partial charge in [0.2, 0.25) is 0 Å². The van der Waals surface area contributed by atoms with Crippen LogP contribution in [-0.4, -0.2) is 54.4 Å². The fourth-order valence-corrected chi connectivity index (χ4v) is 3.55. The number of hydrogen-bond donors (Lipinski definition) is 1. The first kappa shape index (κ1) is 16.6. The first-order valence-electron chi connectivity index (χ1n) is 8.09. The van der Waals surface area contributed by atoms with Crippen LogP contribution in [0.25, 0.3) is 0 Å². The van der Waals surface area contributed by atoms with E-state index in [1.54, 1.807) is 24.3 Å². The number of hydrogen-bond acceptors (Lipinski definition) is 4. The van der Waals surface area contributed by atoms with Crippen molar-refractivity contribution in [2.24, 2.45) is 5.92 Å². The molecule has 0 unspecified atom stereocenters. The Labute approximate surface area is 141 Å². The largest absolute Gasteiger partial charge is 0.484 e. The monoisotopic (exact) mass is 339 g/mol. The van der Waals surface area contributed by atoms with Crippen LogP contribution in [0.1, 0.15) is 19.3 Å². The van der Waals surface area contributed by atoms with Crippen LogP contribution in [0.2, 0.25) is 5.02 Å². The van der Waals surface area contributed by atoms with Gasteiger partial charge in [0.05, 0.1) is 12.7 Å². The zero-order valence-electron chi connectivity index (χ0n) is 13.0. The molecule has 5 nitrogen and oxygen atoms in total. The van der Waals surface area contributed by atoms with Crippen molar-refractivity contribution < 1.29 is 19.4 Å². The Morgan fingerprint density at radius 1 is 1.35 bits per heavy atom. The molecule has 23 heavy (non-hydrogen) atoms. The lowest BCUT2D eigenvalue weighted by Crippen LogP contribution is -2.49. The molecule has 0 spiro atoms. The van der Waals surface area contributed by atoms with Crippen LogP contribution < -0.4 is 4.74 Å². The van der Waals surface area contributed by atoms with Crippen LogP contribution in [0.15, 0.2) is 24.3 Å². The molecule has 2 aliphatic heterocycles. The van der Waals surface area contributed by atoms with Crippen LogP contribution in [0, 0.1) is 5.92 Å². The van der Waals surface area contributed by atoms with Gasteiger partial charge in [0.15, 0.2) is 6.61 Å². The fourth-order valence-electron chi connectivity index (χ4n) is 3.42. The first-order valence-corrected chi connectivity index (χ1v) is 8.46. The van der Waals surface area contributed by atoms with Gasteiger partial charge in [-0.15, -0.1) is 0 Å². The lowest BCUT2D eigenvalue weighted by Gasteiger charge is -2.36. The zero-order valence-corrected chi connectivity index (χ0v) is 13.7. The molecule has 2 fully saturated rings. The van der Waals surface area contributed by atoms with Crippen molar-refractivity contribution in [3.8, 4) is 5.75 Å². The molecule has 1 aromatic rings. The molecule has 3 rings (SSSR count). The highest BCUT2D eigenvalue weighted by atomic mass is 35.5. The van der Waals surface area contributed by atoms with Crippen molar-refractivity contribution in [2.45, 2.75) is 31.4 Å². The number of rotatable bonds is 4. The van der Waals surface area contributed by atoms with E-state index >= 15 is 0 Å². The van der Waals surface area contributed by atoms with Gasteiger partial charge in [-0.3, -0.25) is 4.79 Å². The van der Waals surface area contributed by atoms with E-state index in [-0.39, 0.29) is 30.6 Å². The molecule has 3 atom stereocenters. The van der Waals surface area contributed by atoms with Crippen molar-refractivity contribution in [1.82, 2.24) is 4.90 Å². The highest BCUT2D eigenvalue weighted by Gasteiger charge is 2.39. The summed E-state index contributed by atoms with van der Waals surface area (Å²) < 4.78 is 11.0. The van der Waals surface area contributed by atoms with E-state index < -0.39 is 0 Å². The van der Waals surface area contributed by atoms with E-state index in [9.17, 15) is 9.90 Å². The number of halogens is 1. The topological polar surface area (TPSA) is 59.0 Å². The van der Waals surface area contributed by atoms with Crippen molar-refractivity contribution in [3.05, 3.63) is 29.3 Å². The average molecular weight is 340 g/mol. The summed E-state index contributed by atoms with van der Waals surface area (Å²) in [5.74, 6) is 0.588. The van der Waals surface area contributed by atoms with Gasteiger partial charge in [-0.1, -0.05) is 11.6 Å². The molecule has 0 saturated carbocycles. The molecule has 0 aromatic heterocycles. The van der Waals surface area contributed by atoms with E-state index in [2.05, 4.69) is 0 Å². The second-order valence-electron chi connectivity index (χ2n) is 6.13. The third kappa shape index (κ3) is 3.97. The van der Waals surface area contributed by atoms with Gasteiger partial charge < -0.3 is 19.5 Å². The van der Waals surface area contributed by atoms with Gasteiger partial charge in [0.1, 0.15) is 5.75 Å². The third-order valence-electron chi connectivity index (χ3n) is 4.65. The summed E-state index contributed by atoms with van der Waals surface area (Å²) in [6.07, 6.45) is 2.13. The lowest BCUT2D eigenvalue weighted by molar-refractivity contribution is -0.138. The predicted molar refractivity (Wildman–Crippen MR) is 86.6 cm³/mol. The van der Waals surface area contributed by atoms with Crippen molar-refractivity contribution in [1.29, 1.82) is 0 Å². The van der Waals surface area contributed by atoms with Gasteiger partial charge in [-0.2, -0.15) is 0 Å². The van der Waals surface area contributed by atoms with Gasteiger partial charge in [-0.25, -0.2) is 0 Å². The Morgan fingerprint density at radius 2 is 2.13 bits per heavy atom. The summed E-state index contributed by atoms with van der Waals surface area (Å²) in [4.78, 5) is 14.3. The highest BCUT2D eigenvalue weighted by Crippen LogP contribution is 2.30. The number of amides is 1. The molecule has 2 saturated heterocycles. The minimum absolute atomic E-state index is 0.00179. The Balaban J connectivity index is 1.58. The van der Waals surface area contributed by atoms with Gasteiger partial charge in [0, 0.05) is 30.1 Å². The average Bonchev–Trinajstić information content (AvgIpc) is 3.04. The molecule has 0 radical (unpaired) electrons. The molecule has 2 heterocycles. The van der Waals surface area contributed by atoms with Crippen LogP contribution in [0.4, 0.5) is 0 Å². The summed E-state index contributed by atoms with van der Waals surface area (Å²) in [5, 5.41) is 10.8. The summed E-state index contributed by atoms with van der Waals surface area (Å²) in [7, 11) is 0. The second kappa shape index (κ2) is 7.51. The predicted octanol–water partition coefficient (Wildman–Crippen LogP) is 2.11. The maximum absolute atomic E-state index is 12.5. The van der Waals surface area contributed by atoms with E-state index in [0.717, 1.165) is 19.4 Å². The minimum atomic E-state index is -0.390. The number of aliphatic hydroxyl groups is 1. The van der Waals surface area contributed by atoms with Crippen molar-refractivity contribution in [2.75, 3.05) is 26.4 Å². The number of benzene rings is 1. The highest BCUT2D eigenvalue weighted by molar-refractivity contribution is 6.30. The number of carbonyl (C=O) groups excluding carboxylic acids is 1. The quantitative estimate of drug-likeness (QED) is 0.912. The second-order valence-corrected chi connectivity index (χ2v) is 6.57. The van der Waals surface area contributed by atoms with Crippen LogP contribution in [-0.2, 0) is 9.53 Å². The Hall–Kier alpha value is -1.30. The molecule has 0 bridgehead atoms. The number of ether oxygens (including phenoxy) is 2. The van der Waals surface area contributed by atoms with E-state index in [1.807, 2.05) is 4.90 Å². The van der Waals surface area contributed by atoms with Gasteiger partial charge in [0.25, 0.3) is 5.91 Å². The molecule has 1 amide bonds. The SMILES string of the molecule is O=C(COc1ccc(Cl)cc1)N1CCC[C@@H]1[C@H]1COCC[C@@H]1O. The summed E-state index contributed by atoms with van der Waals surface area (Å²) in [6.45, 7) is 1.84. The molecule has 0 aliphatic carbocycles. The Morgan fingerprint density at radius 3 is 2.87 bits per heavy atom. The summed E-state index contributed by atoms with van der Waals surface area (Å²) in [5.41, 5.74) is 0. The van der Waals surface area contributed by atoms with Gasteiger partial charge >= 0.3 is 0 Å². The number of nitrogens with zero attached hydrogens (tertiary/aromatic N) is 1. The Kier molecular flexibility index (Phi) is 5.41. The van der Waals surface area contributed by atoms with E-state index in [4.69, 9.17) is 21.1 Å². The molecule has 1 aromatic carbocycles. The Bertz CT molecular complexity index is 536. The number of likely N-dealkylation sites (tertiary alicyclic amines) is 1. The normalized spacial score (nSPS) is 27.9. The van der Waals surface area contributed by atoms with Crippen LogP contribution >= 0.6 is 11.6 Å². The first-order chi connectivity index (χ1) is 11.1. The zero-order chi connectivity index (χ0) is 16.2. The van der Waals surface area contributed by atoms with E-state index in [0.29, 0.717) is 30.4 Å². The standard InChI is InChI=1S/C17H22ClNO4/c18-12-3-5-13(6-4-12)23-11-17(21)19-8-1-2-15(19)14-10-22-9-7-16(14)20/h3-6,14-16,20H,1-2,7-11H2/t14-,15-,16+/m1/s1. The summed E-state index contributed by atoms with van der Waals surface area (Å²) in [6, 6.07) is 7.00. The van der Waals surface area contributed by atoms with E-state index in [1.165, 1.54) is 0 Å².